The molecule has 1 aliphatic rings. The molecule has 0 saturated heterocycles. The van der Waals surface area contributed by atoms with Crippen molar-refractivity contribution in [2.75, 3.05) is 41.5 Å². The van der Waals surface area contributed by atoms with E-state index in [0.717, 1.165) is 69.2 Å². The van der Waals surface area contributed by atoms with Crippen molar-refractivity contribution in [2.45, 2.75) is 45.1 Å². The van der Waals surface area contributed by atoms with Crippen LogP contribution in [-0.2, 0) is 22.5 Å². The van der Waals surface area contributed by atoms with Crippen LogP contribution in [-0.4, -0.2) is 58.3 Å². The van der Waals surface area contributed by atoms with E-state index in [4.69, 9.17) is 9.47 Å². The average molecular weight is 519 g/mol. The molecule has 0 fully saturated rings. The zero-order chi connectivity index (χ0) is 20.4. The minimum absolute atomic E-state index is 0. The van der Waals surface area contributed by atoms with E-state index in [2.05, 4.69) is 32.1 Å². The second kappa shape index (κ2) is 13.5. The van der Waals surface area contributed by atoms with Crippen LogP contribution >= 0.6 is 24.0 Å². The van der Waals surface area contributed by atoms with Crippen LogP contribution in [0, 0.1) is 0 Å². The Balaban J connectivity index is 0.00000420. The Morgan fingerprint density at radius 1 is 1.07 bits per heavy atom. The van der Waals surface area contributed by atoms with E-state index in [1.807, 2.05) is 7.05 Å². The summed E-state index contributed by atoms with van der Waals surface area (Å²) in [5, 5.41) is 3.46. The number of methoxy groups -OCH3 is 3. The average Bonchev–Trinajstić information content (AvgIpc) is 2.74. The van der Waals surface area contributed by atoms with Crippen molar-refractivity contribution in [3.05, 3.63) is 23.3 Å². The Hall–Kier alpha value is -1.71. The van der Waals surface area contributed by atoms with Gasteiger partial charge in [-0.2, -0.15) is 0 Å². The lowest BCUT2D eigenvalue weighted by molar-refractivity contribution is -0.140. The SMILES string of the molecule is CN=C(NCCCCCCC(=O)OC)N1CCc2cc(OC)c(OC)cc2C1.I. The molecule has 1 aromatic rings. The number of hydrogen-bond donors (Lipinski definition) is 1. The number of nitrogens with zero attached hydrogens (tertiary/aromatic N) is 2. The van der Waals surface area contributed by atoms with Gasteiger partial charge < -0.3 is 24.4 Å². The first-order chi connectivity index (χ1) is 13.6. The molecular formula is C21H34IN3O4. The maximum absolute atomic E-state index is 11.1. The highest BCUT2D eigenvalue weighted by molar-refractivity contribution is 14.0. The van der Waals surface area contributed by atoms with Crippen LogP contribution < -0.4 is 14.8 Å². The maximum atomic E-state index is 11.1. The highest BCUT2D eigenvalue weighted by atomic mass is 127. The predicted octanol–water partition coefficient (Wildman–Crippen LogP) is 3.38. The lowest BCUT2D eigenvalue weighted by Crippen LogP contribution is -2.44. The first-order valence-electron chi connectivity index (χ1n) is 9.89. The van der Waals surface area contributed by atoms with Gasteiger partial charge in [-0.3, -0.25) is 9.79 Å². The third kappa shape index (κ3) is 7.56. The van der Waals surface area contributed by atoms with Crippen molar-refractivity contribution >= 4 is 35.9 Å². The highest BCUT2D eigenvalue weighted by Gasteiger charge is 2.21. The zero-order valence-electron chi connectivity index (χ0n) is 18.0. The van der Waals surface area contributed by atoms with Gasteiger partial charge in [0.05, 0.1) is 21.3 Å². The van der Waals surface area contributed by atoms with Crippen molar-refractivity contribution in [1.29, 1.82) is 0 Å². The molecule has 7 nitrogen and oxygen atoms in total. The number of nitrogens with one attached hydrogen (secondary N) is 1. The summed E-state index contributed by atoms with van der Waals surface area (Å²) in [6.45, 7) is 2.59. The van der Waals surface area contributed by atoms with Gasteiger partial charge >= 0.3 is 5.97 Å². The predicted molar refractivity (Wildman–Crippen MR) is 126 cm³/mol. The smallest absolute Gasteiger partial charge is 0.305 e. The van der Waals surface area contributed by atoms with Gasteiger partial charge in [-0.1, -0.05) is 12.8 Å². The normalized spacial score (nSPS) is 13.2. The third-order valence-corrected chi connectivity index (χ3v) is 5.05. The highest BCUT2D eigenvalue weighted by Crippen LogP contribution is 2.33. The Morgan fingerprint density at radius 3 is 2.34 bits per heavy atom. The molecule has 0 amide bonds. The van der Waals surface area contributed by atoms with E-state index >= 15 is 0 Å². The number of rotatable bonds is 9. The van der Waals surface area contributed by atoms with Crippen LogP contribution in [0.2, 0.25) is 0 Å². The van der Waals surface area contributed by atoms with Gasteiger partial charge in [0.25, 0.3) is 0 Å². The van der Waals surface area contributed by atoms with Gasteiger partial charge in [-0.25, -0.2) is 0 Å². The summed E-state index contributed by atoms with van der Waals surface area (Å²) in [5.41, 5.74) is 2.55. The summed E-state index contributed by atoms with van der Waals surface area (Å²) in [4.78, 5) is 17.8. The van der Waals surface area contributed by atoms with Crippen LogP contribution in [0.5, 0.6) is 11.5 Å². The van der Waals surface area contributed by atoms with Crippen LogP contribution in [0.15, 0.2) is 17.1 Å². The first kappa shape index (κ1) is 25.3. The molecule has 1 N–H and O–H groups in total. The summed E-state index contributed by atoms with van der Waals surface area (Å²) >= 11 is 0. The molecular weight excluding hydrogens is 485 g/mol. The largest absolute Gasteiger partial charge is 0.493 e. The first-order valence-corrected chi connectivity index (χ1v) is 9.89. The number of esters is 1. The van der Waals surface area contributed by atoms with Crippen molar-refractivity contribution in [2.24, 2.45) is 4.99 Å². The number of aliphatic imine (C=N–C) groups is 1. The van der Waals surface area contributed by atoms with Gasteiger partial charge in [0, 0.05) is 33.1 Å². The van der Waals surface area contributed by atoms with Gasteiger partial charge in [0.1, 0.15) is 0 Å². The Morgan fingerprint density at radius 2 is 1.72 bits per heavy atom. The molecule has 164 valence electrons. The molecule has 0 atom stereocenters. The molecule has 2 rings (SSSR count). The number of unbranched alkanes of at least 4 members (excludes halogenated alkanes) is 3. The van der Waals surface area contributed by atoms with E-state index in [1.54, 1.807) is 14.2 Å². The molecule has 0 radical (unpaired) electrons. The number of carbonyl (C=O) groups excluding carboxylic acids is 1. The number of hydrogen-bond acceptors (Lipinski definition) is 5. The van der Waals surface area contributed by atoms with Gasteiger partial charge in [-0.05, 0) is 42.5 Å². The van der Waals surface area contributed by atoms with E-state index < -0.39 is 0 Å². The number of guanidine groups is 1. The van der Waals surface area contributed by atoms with Crippen molar-refractivity contribution in [1.82, 2.24) is 10.2 Å². The number of carbonyl (C=O) groups is 1. The molecule has 1 aromatic carbocycles. The molecule has 0 saturated carbocycles. The Kier molecular flexibility index (Phi) is 11.8. The molecule has 1 aliphatic heterocycles. The number of fused-ring (bicyclic) bond motifs is 1. The molecule has 1 heterocycles. The zero-order valence-corrected chi connectivity index (χ0v) is 20.3. The molecule has 29 heavy (non-hydrogen) atoms. The van der Waals surface area contributed by atoms with Crippen LogP contribution in [0.1, 0.15) is 43.2 Å². The topological polar surface area (TPSA) is 72.4 Å². The molecule has 0 bridgehead atoms. The van der Waals surface area contributed by atoms with Crippen molar-refractivity contribution < 1.29 is 19.0 Å². The fraction of sp³-hybridized carbons (Fsp3) is 0.619. The number of benzene rings is 1. The van der Waals surface area contributed by atoms with Crippen LogP contribution in [0.4, 0.5) is 0 Å². The van der Waals surface area contributed by atoms with E-state index in [9.17, 15) is 4.79 Å². The van der Waals surface area contributed by atoms with Gasteiger partial charge in [0.2, 0.25) is 0 Å². The van der Waals surface area contributed by atoms with Gasteiger partial charge in [-0.15, -0.1) is 24.0 Å². The summed E-state index contributed by atoms with van der Waals surface area (Å²) in [6.07, 6.45) is 5.51. The van der Waals surface area contributed by atoms with Crippen LogP contribution in [0.3, 0.4) is 0 Å². The molecule has 0 aliphatic carbocycles. The summed E-state index contributed by atoms with van der Waals surface area (Å²) < 4.78 is 15.5. The maximum Gasteiger partial charge on any atom is 0.305 e. The Bertz CT molecular complexity index is 682. The second-order valence-corrected chi connectivity index (χ2v) is 6.86. The van der Waals surface area contributed by atoms with Gasteiger partial charge in [0.15, 0.2) is 17.5 Å². The molecule has 0 aromatic heterocycles. The van der Waals surface area contributed by atoms with Crippen molar-refractivity contribution in [3.63, 3.8) is 0 Å². The fourth-order valence-corrected chi connectivity index (χ4v) is 3.45. The number of halogens is 1. The monoisotopic (exact) mass is 519 g/mol. The van der Waals surface area contributed by atoms with Crippen LogP contribution in [0.25, 0.3) is 0 Å². The minimum atomic E-state index is -0.127. The molecule has 8 heteroatoms. The second-order valence-electron chi connectivity index (χ2n) is 6.86. The summed E-state index contributed by atoms with van der Waals surface area (Å²) in [7, 11) is 6.59. The van der Waals surface area contributed by atoms with Crippen molar-refractivity contribution in [3.8, 4) is 11.5 Å². The number of ether oxygens (including phenoxy) is 3. The Labute approximate surface area is 191 Å². The lowest BCUT2D eigenvalue weighted by Gasteiger charge is -2.32. The van der Waals surface area contributed by atoms with E-state index in [1.165, 1.54) is 18.2 Å². The third-order valence-electron chi connectivity index (χ3n) is 5.05. The molecule has 0 spiro atoms. The lowest BCUT2D eigenvalue weighted by atomic mass is 9.99. The fourth-order valence-electron chi connectivity index (χ4n) is 3.45. The standard InChI is InChI=1S/C21H33N3O4.HI/c1-22-21(23-11-8-6-5-7-9-20(25)28-4)24-12-10-16-13-18(26-2)19(27-3)14-17(16)15-24;/h13-14H,5-12,15H2,1-4H3,(H,22,23);1H. The van der Waals surface area contributed by atoms with E-state index in [-0.39, 0.29) is 29.9 Å². The summed E-state index contributed by atoms with van der Waals surface area (Å²) in [5.74, 6) is 2.34. The quantitative estimate of drug-likeness (QED) is 0.177. The summed E-state index contributed by atoms with van der Waals surface area (Å²) in [6, 6.07) is 4.14. The molecule has 0 unspecified atom stereocenters. The van der Waals surface area contributed by atoms with E-state index in [0.29, 0.717) is 6.42 Å². The minimum Gasteiger partial charge on any atom is -0.493 e.